The minimum Gasteiger partial charge on any atom is -0.384 e. The van der Waals surface area contributed by atoms with Gasteiger partial charge in [-0.05, 0) is 19.0 Å². The first-order valence-electron chi connectivity index (χ1n) is 7.18. The van der Waals surface area contributed by atoms with E-state index < -0.39 is 5.60 Å². The molecule has 3 N–H and O–H groups in total. The second-order valence-electron chi connectivity index (χ2n) is 5.54. The fourth-order valence-corrected chi connectivity index (χ4v) is 2.36. The van der Waals surface area contributed by atoms with Gasteiger partial charge in [-0.2, -0.15) is 0 Å². The molecule has 0 saturated heterocycles. The predicted octanol–water partition coefficient (Wildman–Crippen LogP) is 1.09. The summed E-state index contributed by atoms with van der Waals surface area (Å²) in [5, 5.41) is 10.7. The summed E-state index contributed by atoms with van der Waals surface area (Å²) in [7, 11) is 4.01. The lowest BCUT2D eigenvalue weighted by Crippen LogP contribution is -2.38. The molecule has 5 heteroatoms. The maximum Gasteiger partial charge on any atom is 0.122 e. The van der Waals surface area contributed by atoms with E-state index in [1.807, 2.05) is 55.2 Å². The van der Waals surface area contributed by atoms with Gasteiger partial charge in [0.25, 0.3) is 0 Å². The van der Waals surface area contributed by atoms with Gasteiger partial charge >= 0.3 is 0 Å². The molecule has 0 amide bonds. The summed E-state index contributed by atoms with van der Waals surface area (Å²) in [5.74, 6) is 1.01. The van der Waals surface area contributed by atoms with E-state index in [2.05, 4.69) is 9.88 Å². The highest BCUT2D eigenvalue weighted by molar-refractivity contribution is 5.22. The molecule has 0 bridgehead atoms. The van der Waals surface area contributed by atoms with Crippen molar-refractivity contribution < 1.29 is 5.11 Å². The molecule has 1 aromatic heterocycles. The molecule has 0 saturated carbocycles. The molecular formula is C16H24N4O. The number of hydrogen-bond acceptors (Lipinski definition) is 4. The first-order valence-corrected chi connectivity index (χ1v) is 7.18. The number of imidazole rings is 1. The average molecular weight is 288 g/mol. The molecule has 2 aromatic rings. The van der Waals surface area contributed by atoms with Crippen LogP contribution in [-0.2, 0) is 19.2 Å². The van der Waals surface area contributed by atoms with Crippen LogP contribution in [-0.4, -0.2) is 39.7 Å². The zero-order valence-corrected chi connectivity index (χ0v) is 12.7. The number of benzene rings is 1. The summed E-state index contributed by atoms with van der Waals surface area (Å²) in [6.07, 6.45) is 4.32. The first-order chi connectivity index (χ1) is 10.0. The van der Waals surface area contributed by atoms with Crippen molar-refractivity contribution in [2.45, 2.75) is 18.6 Å². The van der Waals surface area contributed by atoms with Crippen molar-refractivity contribution in [3.8, 4) is 0 Å². The van der Waals surface area contributed by atoms with E-state index in [-0.39, 0.29) is 6.54 Å². The van der Waals surface area contributed by atoms with Crippen molar-refractivity contribution >= 4 is 0 Å². The van der Waals surface area contributed by atoms with Gasteiger partial charge in [-0.1, -0.05) is 30.3 Å². The Morgan fingerprint density at radius 1 is 1.33 bits per heavy atom. The zero-order chi connectivity index (χ0) is 15.3. The molecule has 1 heterocycles. The third kappa shape index (κ3) is 3.91. The second-order valence-corrected chi connectivity index (χ2v) is 5.54. The summed E-state index contributed by atoms with van der Waals surface area (Å²) in [6, 6.07) is 9.63. The monoisotopic (exact) mass is 288 g/mol. The van der Waals surface area contributed by atoms with E-state index >= 15 is 0 Å². The largest absolute Gasteiger partial charge is 0.384 e. The number of nitrogens with zero attached hydrogens (tertiary/aromatic N) is 3. The fraction of sp³-hybridized carbons (Fsp3) is 0.438. The lowest BCUT2D eigenvalue weighted by molar-refractivity contribution is 0.0272. The van der Waals surface area contributed by atoms with Gasteiger partial charge in [-0.15, -0.1) is 0 Å². The Kier molecular flexibility index (Phi) is 5.12. The van der Waals surface area contributed by atoms with Crippen molar-refractivity contribution in [1.82, 2.24) is 14.5 Å². The second kappa shape index (κ2) is 6.85. The van der Waals surface area contributed by atoms with E-state index in [4.69, 9.17) is 5.73 Å². The number of aryl methyl sites for hydroxylation is 1. The Bertz CT molecular complexity index is 554. The number of hydrogen-bond donors (Lipinski definition) is 2. The predicted molar refractivity (Wildman–Crippen MR) is 83.6 cm³/mol. The van der Waals surface area contributed by atoms with Crippen molar-refractivity contribution in [3.63, 3.8) is 0 Å². The quantitative estimate of drug-likeness (QED) is 0.800. The fourth-order valence-electron chi connectivity index (χ4n) is 2.36. The molecule has 1 unspecified atom stereocenters. The van der Waals surface area contributed by atoms with Crippen molar-refractivity contribution in [2.24, 2.45) is 12.8 Å². The molecule has 1 aromatic carbocycles. The van der Waals surface area contributed by atoms with Crippen LogP contribution >= 0.6 is 0 Å². The van der Waals surface area contributed by atoms with Gasteiger partial charge in [0.2, 0.25) is 0 Å². The smallest absolute Gasteiger partial charge is 0.122 e. The third-order valence-corrected chi connectivity index (χ3v) is 3.89. The maximum atomic E-state index is 10.7. The molecular weight excluding hydrogens is 264 g/mol. The Morgan fingerprint density at radius 2 is 2.05 bits per heavy atom. The normalized spacial score (nSPS) is 14.3. The van der Waals surface area contributed by atoms with Crippen LogP contribution in [0, 0.1) is 0 Å². The van der Waals surface area contributed by atoms with Crippen LogP contribution in [0.3, 0.4) is 0 Å². The summed E-state index contributed by atoms with van der Waals surface area (Å²) in [4.78, 5) is 6.46. The van der Waals surface area contributed by atoms with Crippen LogP contribution in [0.1, 0.15) is 17.8 Å². The zero-order valence-electron chi connectivity index (χ0n) is 12.7. The lowest BCUT2D eigenvalue weighted by Gasteiger charge is -2.29. The molecule has 5 nitrogen and oxygen atoms in total. The highest BCUT2D eigenvalue weighted by Gasteiger charge is 2.27. The lowest BCUT2D eigenvalue weighted by atomic mass is 9.90. The van der Waals surface area contributed by atoms with E-state index in [1.54, 1.807) is 6.20 Å². The summed E-state index contributed by atoms with van der Waals surface area (Å²) in [6.45, 7) is 1.71. The van der Waals surface area contributed by atoms with Crippen LogP contribution in [0.4, 0.5) is 0 Å². The van der Waals surface area contributed by atoms with E-state index in [1.165, 1.54) is 0 Å². The molecule has 0 aliphatic heterocycles. The summed E-state index contributed by atoms with van der Waals surface area (Å²) in [5.41, 5.74) is 5.70. The van der Waals surface area contributed by atoms with Crippen LogP contribution in [0.15, 0.2) is 42.7 Å². The molecule has 0 radical (unpaired) electrons. The standard InChI is InChI=1S/C16H24N4O/c1-19(12-15-18-9-11-20(15)2)10-8-16(21,13-17)14-6-4-3-5-7-14/h3-7,9,11,21H,8,10,12-13,17H2,1-2H3. The molecule has 0 fully saturated rings. The Balaban J connectivity index is 1.95. The molecule has 21 heavy (non-hydrogen) atoms. The highest BCUT2D eigenvalue weighted by atomic mass is 16.3. The van der Waals surface area contributed by atoms with Gasteiger partial charge in [0, 0.05) is 32.5 Å². The third-order valence-electron chi connectivity index (χ3n) is 3.89. The molecule has 0 aliphatic rings. The van der Waals surface area contributed by atoms with E-state index in [0.717, 1.165) is 24.5 Å². The van der Waals surface area contributed by atoms with Crippen molar-refractivity contribution in [1.29, 1.82) is 0 Å². The first kappa shape index (κ1) is 15.7. The van der Waals surface area contributed by atoms with Crippen LogP contribution in [0.2, 0.25) is 0 Å². The van der Waals surface area contributed by atoms with Gasteiger partial charge in [0.15, 0.2) is 0 Å². The van der Waals surface area contributed by atoms with Crippen LogP contribution < -0.4 is 5.73 Å². The van der Waals surface area contributed by atoms with Gasteiger partial charge < -0.3 is 15.4 Å². The topological polar surface area (TPSA) is 67.3 Å². The van der Waals surface area contributed by atoms with Crippen molar-refractivity contribution in [2.75, 3.05) is 20.1 Å². The van der Waals surface area contributed by atoms with Crippen LogP contribution in [0.5, 0.6) is 0 Å². The molecule has 114 valence electrons. The minimum atomic E-state index is -0.975. The Labute approximate surface area is 126 Å². The SMILES string of the molecule is CN(CCC(O)(CN)c1ccccc1)Cc1nccn1C. The maximum absolute atomic E-state index is 10.7. The van der Waals surface area contributed by atoms with Gasteiger partial charge in [-0.25, -0.2) is 4.98 Å². The number of rotatable bonds is 7. The highest BCUT2D eigenvalue weighted by Crippen LogP contribution is 2.24. The number of aliphatic hydroxyl groups is 1. The molecule has 0 aliphatic carbocycles. The van der Waals surface area contributed by atoms with E-state index in [9.17, 15) is 5.11 Å². The summed E-state index contributed by atoms with van der Waals surface area (Å²) < 4.78 is 2.00. The van der Waals surface area contributed by atoms with Crippen LogP contribution in [0.25, 0.3) is 0 Å². The van der Waals surface area contributed by atoms with E-state index in [0.29, 0.717) is 6.42 Å². The Hall–Kier alpha value is -1.69. The Morgan fingerprint density at radius 3 is 2.62 bits per heavy atom. The van der Waals surface area contributed by atoms with Crippen molar-refractivity contribution in [3.05, 3.63) is 54.1 Å². The molecule has 2 rings (SSSR count). The average Bonchev–Trinajstić information content (AvgIpc) is 2.91. The summed E-state index contributed by atoms with van der Waals surface area (Å²) >= 11 is 0. The minimum absolute atomic E-state index is 0.216. The number of aromatic nitrogens is 2. The van der Waals surface area contributed by atoms with Gasteiger partial charge in [0.05, 0.1) is 6.54 Å². The molecule has 0 spiro atoms. The van der Waals surface area contributed by atoms with Gasteiger partial charge in [-0.3, -0.25) is 4.90 Å². The number of nitrogens with two attached hydrogens (primary N) is 1. The molecule has 1 atom stereocenters. The van der Waals surface area contributed by atoms with Gasteiger partial charge in [0.1, 0.15) is 11.4 Å².